The Labute approximate surface area is 151 Å². The zero-order chi connectivity index (χ0) is 17.4. The van der Waals surface area contributed by atoms with Gasteiger partial charge in [0.2, 0.25) is 0 Å². The van der Waals surface area contributed by atoms with Crippen molar-refractivity contribution in [1.29, 1.82) is 0 Å². The number of benzene rings is 2. The SMILES string of the molecule is COc1ccc(-c2csnc2-c2ccc3ccn(C(C)C)c3c2)cc1. The monoisotopic (exact) mass is 348 g/mol. The van der Waals surface area contributed by atoms with Gasteiger partial charge < -0.3 is 9.30 Å². The number of methoxy groups -OCH3 is 1. The number of ether oxygens (including phenoxy) is 1. The first kappa shape index (κ1) is 15.9. The highest BCUT2D eigenvalue weighted by Gasteiger charge is 2.13. The summed E-state index contributed by atoms with van der Waals surface area (Å²) < 4.78 is 12.2. The van der Waals surface area contributed by atoms with E-state index in [2.05, 4.69) is 70.8 Å². The van der Waals surface area contributed by atoms with E-state index in [1.165, 1.54) is 22.4 Å². The van der Waals surface area contributed by atoms with Gasteiger partial charge in [0.1, 0.15) is 5.75 Å². The Morgan fingerprint density at radius 3 is 2.48 bits per heavy atom. The van der Waals surface area contributed by atoms with Crippen LogP contribution in [0.2, 0.25) is 0 Å². The van der Waals surface area contributed by atoms with Crippen LogP contribution in [0.15, 0.2) is 60.1 Å². The van der Waals surface area contributed by atoms with E-state index in [4.69, 9.17) is 4.74 Å². The minimum atomic E-state index is 0.434. The van der Waals surface area contributed by atoms with Crippen molar-refractivity contribution in [1.82, 2.24) is 8.94 Å². The van der Waals surface area contributed by atoms with Crippen molar-refractivity contribution in [3.63, 3.8) is 0 Å². The smallest absolute Gasteiger partial charge is 0.118 e. The molecule has 0 bridgehead atoms. The van der Waals surface area contributed by atoms with Crippen LogP contribution < -0.4 is 4.74 Å². The topological polar surface area (TPSA) is 27.1 Å². The molecule has 2 heterocycles. The zero-order valence-electron chi connectivity index (χ0n) is 14.6. The van der Waals surface area contributed by atoms with Crippen molar-refractivity contribution < 1.29 is 4.74 Å². The van der Waals surface area contributed by atoms with Crippen LogP contribution in [0.3, 0.4) is 0 Å². The predicted octanol–water partition coefficient (Wildman–Crippen LogP) is 6.02. The second-order valence-electron chi connectivity index (χ2n) is 6.40. The highest BCUT2D eigenvalue weighted by Crippen LogP contribution is 2.35. The zero-order valence-corrected chi connectivity index (χ0v) is 15.4. The summed E-state index contributed by atoms with van der Waals surface area (Å²) in [6, 6.07) is 17.3. The molecule has 25 heavy (non-hydrogen) atoms. The molecule has 0 aliphatic rings. The lowest BCUT2D eigenvalue weighted by atomic mass is 10.0. The van der Waals surface area contributed by atoms with E-state index in [0.29, 0.717) is 6.04 Å². The van der Waals surface area contributed by atoms with Gasteiger partial charge in [-0.2, -0.15) is 4.37 Å². The minimum Gasteiger partial charge on any atom is -0.497 e. The Morgan fingerprint density at radius 2 is 1.76 bits per heavy atom. The molecule has 4 rings (SSSR count). The van der Waals surface area contributed by atoms with Crippen molar-refractivity contribution in [3.05, 3.63) is 60.1 Å². The summed E-state index contributed by atoms with van der Waals surface area (Å²) in [5.74, 6) is 0.865. The van der Waals surface area contributed by atoms with Gasteiger partial charge in [-0.05, 0) is 60.6 Å². The molecule has 3 nitrogen and oxygen atoms in total. The molecule has 2 aromatic heterocycles. The van der Waals surface area contributed by atoms with E-state index in [1.54, 1.807) is 7.11 Å². The second kappa shape index (κ2) is 6.37. The summed E-state index contributed by atoms with van der Waals surface area (Å²) in [6.07, 6.45) is 2.16. The molecule has 2 aromatic carbocycles. The van der Waals surface area contributed by atoms with E-state index >= 15 is 0 Å². The molecule has 0 amide bonds. The fraction of sp³-hybridized carbons (Fsp3) is 0.190. The number of hydrogen-bond acceptors (Lipinski definition) is 3. The van der Waals surface area contributed by atoms with Crippen molar-refractivity contribution in [3.8, 4) is 28.1 Å². The number of aromatic nitrogens is 2. The van der Waals surface area contributed by atoms with Crippen LogP contribution in [0.4, 0.5) is 0 Å². The summed E-state index contributed by atoms with van der Waals surface area (Å²) in [7, 11) is 1.69. The molecule has 0 fully saturated rings. The maximum absolute atomic E-state index is 5.26. The van der Waals surface area contributed by atoms with Crippen molar-refractivity contribution in [2.75, 3.05) is 7.11 Å². The molecule has 0 saturated heterocycles. The summed E-state index contributed by atoms with van der Waals surface area (Å²) in [5.41, 5.74) is 5.76. The van der Waals surface area contributed by atoms with E-state index in [9.17, 15) is 0 Å². The average Bonchev–Trinajstić information content (AvgIpc) is 3.28. The van der Waals surface area contributed by atoms with E-state index in [-0.39, 0.29) is 0 Å². The predicted molar refractivity (Wildman–Crippen MR) is 105 cm³/mol. The molecular weight excluding hydrogens is 328 g/mol. The fourth-order valence-corrected chi connectivity index (χ4v) is 3.88. The molecule has 0 aliphatic carbocycles. The first-order valence-corrected chi connectivity index (χ1v) is 9.21. The third-order valence-corrected chi connectivity index (χ3v) is 5.15. The highest BCUT2D eigenvalue weighted by atomic mass is 32.1. The van der Waals surface area contributed by atoms with Crippen molar-refractivity contribution in [2.45, 2.75) is 19.9 Å². The van der Waals surface area contributed by atoms with Gasteiger partial charge in [-0.25, -0.2) is 0 Å². The van der Waals surface area contributed by atoms with Crippen LogP contribution >= 0.6 is 11.5 Å². The molecule has 0 unspecified atom stereocenters. The lowest BCUT2D eigenvalue weighted by Crippen LogP contribution is -1.98. The summed E-state index contributed by atoms with van der Waals surface area (Å²) in [5, 5.41) is 3.38. The van der Waals surface area contributed by atoms with Gasteiger partial charge in [-0.1, -0.05) is 24.3 Å². The molecule has 0 spiro atoms. The molecule has 0 saturated carbocycles. The summed E-state index contributed by atoms with van der Waals surface area (Å²) >= 11 is 1.50. The Bertz CT molecular complexity index is 1010. The third-order valence-electron chi connectivity index (χ3n) is 4.52. The lowest BCUT2D eigenvalue weighted by Gasteiger charge is -2.10. The summed E-state index contributed by atoms with van der Waals surface area (Å²) in [4.78, 5) is 0. The van der Waals surface area contributed by atoms with Gasteiger partial charge in [0.15, 0.2) is 0 Å². The second-order valence-corrected chi connectivity index (χ2v) is 7.02. The van der Waals surface area contributed by atoms with Crippen LogP contribution in [0.1, 0.15) is 19.9 Å². The van der Waals surface area contributed by atoms with E-state index < -0.39 is 0 Å². The normalized spacial score (nSPS) is 11.4. The Morgan fingerprint density at radius 1 is 1.00 bits per heavy atom. The molecular formula is C21H20N2OS. The van der Waals surface area contributed by atoms with E-state index in [1.807, 2.05) is 12.1 Å². The first-order chi connectivity index (χ1) is 12.2. The van der Waals surface area contributed by atoms with E-state index in [0.717, 1.165) is 28.1 Å². The number of fused-ring (bicyclic) bond motifs is 1. The standard InChI is InChI=1S/C21H20N2OS/c1-14(2)23-11-10-16-4-5-17(12-20(16)23)21-19(13-25-22-21)15-6-8-18(24-3)9-7-15/h4-14H,1-3H3. The Balaban J connectivity index is 1.81. The van der Waals surface area contributed by atoms with Crippen LogP contribution in [0, 0.1) is 0 Å². The van der Waals surface area contributed by atoms with Crippen LogP contribution in [-0.2, 0) is 0 Å². The van der Waals surface area contributed by atoms with Gasteiger partial charge in [-0.15, -0.1) is 0 Å². The molecule has 126 valence electrons. The van der Waals surface area contributed by atoms with Gasteiger partial charge in [0.05, 0.1) is 12.8 Å². The van der Waals surface area contributed by atoms with Gasteiger partial charge in [-0.3, -0.25) is 0 Å². The molecule has 4 heteroatoms. The molecule has 0 atom stereocenters. The minimum absolute atomic E-state index is 0.434. The van der Waals surface area contributed by atoms with Crippen LogP contribution in [0.5, 0.6) is 5.75 Å². The molecule has 0 aliphatic heterocycles. The number of rotatable bonds is 4. The maximum atomic E-state index is 5.26. The first-order valence-electron chi connectivity index (χ1n) is 8.37. The largest absolute Gasteiger partial charge is 0.497 e. The van der Waals surface area contributed by atoms with Crippen molar-refractivity contribution in [2.24, 2.45) is 0 Å². The Kier molecular flexibility index (Phi) is 4.06. The molecule has 0 radical (unpaired) electrons. The highest BCUT2D eigenvalue weighted by molar-refractivity contribution is 7.04. The number of hydrogen-bond donors (Lipinski definition) is 0. The quantitative estimate of drug-likeness (QED) is 0.451. The third kappa shape index (κ3) is 2.83. The lowest BCUT2D eigenvalue weighted by molar-refractivity contribution is 0.415. The fourth-order valence-electron chi connectivity index (χ4n) is 3.17. The van der Waals surface area contributed by atoms with Crippen molar-refractivity contribution >= 4 is 22.4 Å². The molecule has 0 N–H and O–H groups in total. The summed E-state index contributed by atoms with van der Waals surface area (Å²) in [6.45, 7) is 4.41. The van der Waals surface area contributed by atoms with Gasteiger partial charge in [0.25, 0.3) is 0 Å². The van der Waals surface area contributed by atoms with Crippen LogP contribution in [0.25, 0.3) is 33.3 Å². The van der Waals surface area contributed by atoms with Gasteiger partial charge in [0, 0.05) is 34.3 Å². The van der Waals surface area contributed by atoms with Gasteiger partial charge >= 0.3 is 0 Å². The average molecular weight is 348 g/mol. The Hall–Kier alpha value is -2.59. The number of nitrogens with zero attached hydrogens (tertiary/aromatic N) is 2. The van der Waals surface area contributed by atoms with Crippen LogP contribution in [-0.4, -0.2) is 16.1 Å². The maximum Gasteiger partial charge on any atom is 0.118 e. The molecule has 4 aromatic rings.